The maximum absolute atomic E-state index is 13.4. The molecule has 2 aromatic heterocycles. The number of ether oxygens (including phenoxy) is 1. The first-order valence-corrected chi connectivity index (χ1v) is 12.8. The van der Waals surface area contributed by atoms with Crippen molar-refractivity contribution in [2.24, 2.45) is 5.92 Å². The molecule has 0 unspecified atom stereocenters. The van der Waals surface area contributed by atoms with Gasteiger partial charge in [0.25, 0.3) is 5.56 Å². The van der Waals surface area contributed by atoms with Crippen LogP contribution < -0.4 is 10.3 Å². The van der Waals surface area contributed by atoms with Gasteiger partial charge in [0, 0.05) is 36.7 Å². The molecule has 1 aliphatic heterocycles. The first-order chi connectivity index (χ1) is 16.4. The first kappa shape index (κ1) is 22.4. The number of aromatic amines is 2. The minimum absolute atomic E-state index is 0.0701. The third-order valence-electron chi connectivity index (χ3n) is 6.33. The molecule has 0 amide bonds. The summed E-state index contributed by atoms with van der Waals surface area (Å²) in [5.74, 6) is 0.717. The van der Waals surface area contributed by atoms with Crippen LogP contribution in [0.5, 0.6) is 5.75 Å². The summed E-state index contributed by atoms with van der Waals surface area (Å²) in [5.41, 5.74) is 2.36. The van der Waals surface area contributed by atoms with Gasteiger partial charge in [-0.05, 0) is 43.2 Å². The summed E-state index contributed by atoms with van der Waals surface area (Å²) >= 11 is 0. The van der Waals surface area contributed by atoms with E-state index in [1.165, 1.54) is 10.4 Å². The fraction of sp³-hybridized carbons (Fsp3) is 0.333. The van der Waals surface area contributed by atoms with Crippen LogP contribution in [0.3, 0.4) is 0 Å². The van der Waals surface area contributed by atoms with Crippen LogP contribution in [-0.2, 0) is 16.4 Å². The lowest BCUT2D eigenvalue weighted by Gasteiger charge is -2.18. The van der Waals surface area contributed by atoms with Gasteiger partial charge in [-0.25, -0.2) is 8.42 Å². The van der Waals surface area contributed by atoms with Gasteiger partial charge < -0.3 is 9.84 Å². The lowest BCUT2D eigenvalue weighted by Crippen LogP contribution is -2.29. The van der Waals surface area contributed by atoms with Crippen molar-refractivity contribution in [2.75, 3.05) is 19.7 Å². The molecule has 0 bridgehead atoms. The molecule has 0 radical (unpaired) electrons. The fourth-order valence-electron chi connectivity index (χ4n) is 4.63. The number of H-pyrrole nitrogens is 2. The molecule has 9 nitrogen and oxygen atoms in total. The lowest BCUT2D eigenvalue weighted by atomic mass is 10.1. The van der Waals surface area contributed by atoms with E-state index >= 15 is 0 Å². The number of rotatable bonds is 7. The van der Waals surface area contributed by atoms with Crippen LogP contribution in [0.4, 0.5) is 0 Å². The number of sulfonamides is 1. The van der Waals surface area contributed by atoms with Crippen LogP contribution in [0.1, 0.15) is 31.3 Å². The van der Waals surface area contributed by atoms with Crippen LogP contribution in [0.2, 0.25) is 0 Å². The van der Waals surface area contributed by atoms with Crippen molar-refractivity contribution in [3.63, 3.8) is 0 Å². The second-order valence-electron chi connectivity index (χ2n) is 8.64. The number of fused-ring (bicyclic) bond motifs is 1. The summed E-state index contributed by atoms with van der Waals surface area (Å²) in [4.78, 5) is 11.8. The normalized spacial score (nSPS) is 19.1. The van der Waals surface area contributed by atoms with E-state index in [1.54, 1.807) is 24.3 Å². The molecular formula is C24H27N5O4S. The van der Waals surface area contributed by atoms with Gasteiger partial charge in [0.1, 0.15) is 5.75 Å². The Morgan fingerprint density at radius 1 is 1.09 bits per heavy atom. The topological polar surface area (TPSA) is 113 Å². The van der Waals surface area contributed by atoms with Crippen molar-refractivity contribution in [1.82, 2.24) is 24.3 Å². The van der Waals surface area contributed by atoms with Crippen molar-refractivity contribution < 1.29 is 13.2 Å². The Hall–Kier alpha value is -3.37. The maximum atomic E-state index is 13.4. The van der Waals surface area contributed by atoms with Crippen molar-refractivity contribution in [3.8, 4) is 5.75 Å². The van der Waals surface area contributed by atoms with Gasteiger partial charge in [-0.15, -0.1) is 0 Å². The summed E-state index contributed by atoms with van der Waals surface area (Å²) in [6.45, 7) is 5.21. The summed E-state index contributed by atoms with van der Waals surface area (Å²) in [7, 11) is -3.64. The number of aromatic nitrogens is 4. The highest BCUT2D eigenvalue weighted by Gasteiger charge is 2.39. The third-order valence-corrected chi connectivity index (χ3v) is 8.17. The van der Waals surface area contributed by atoms with Gasteiger partial charge in [0.05, 0.1) is 28.8 Å². The molecule has 34 heavy (non-hydrogen) atoms. The summed E-state index contributed by atoms with van der Waals surface area (Å²) in [5, 5.41) is 11.3. The zero-order valence-electron chi connectivity index (χ0n) is 19.1. The monoisotopic (exact) mass is 481 g/mol. The number of nitrogens with zero attached hydrogens (tertiary/aromatic N) is 3. The van der Waals surface area contributed by atoms with E-state index in [4.69, 9.17) is 9.84 Å². The molecule has 2 atom stereocenters. The predicted octanol–water partition coefficient (Wildman–Crippen LogP) is 2.92. The van der Waals surface area contributed by atoms with E-state index in [1.807, 2.05) is 35.9 Å². The Morgan fingerprint density at radius 3 is 2.56 bits per heavy atom. The average Bonchev–Trinajstić information content (AvgIpc) is 3.52. The number of hydrogen-bond acceptors (Lipinski definition) is 5. The molecule has 3 heterocycles. The quantitative estimate of drug-likeness (QED) is 0.421. The third kappa shape index (κ3) is 4.03. The Bertz CT molecular complexity index is 1470. The van der Waals surface area contributed by atoms with E-state index in [-0.39, 0.29) is 22.4 Å². The van der Waals surface area contributed by atoms with Crippen molar-refractivity contribution in [1.29, 1.82) is 0 Å². The van der Waals surface area contributed by atoms with Gasteiger partial charge in [-0.3, -0.25) is 14.6 Å². The number of nitrogens with one attached hydrogen (secondary N) is 2. The standard InChI is InChI=1S/C24H27N5O4S/c1-3-33-18-8-10-19(11-9-18)34(31,32)28-14-16(2)23(15-28)29-22-7-5-4-6-20(22)21(27-29)12-17-13-24(30)26-25-17/h4-11,13,16,23H,3,12,14-15H2,1-2H3,(H2,25,26,30)/t16-,23+/m1/s1. The van der Waals surface area contributed by atoms with Gasteiger partial charge >= 0.3 is 0 Å². The minimum atomic E-state index is -3.64. The summed E-state index contributed by atoms with van der Waals surface area (Å²) < 4.78 is 35.6. The van der Waals surface area contributed by atoms with Gasteiger partial charge in [-0.1, -0.05) is 25.1 Å². The van der Waals surface area contributed by atoms with Crippen molar-refractivity contribution in [2.45, 2.75) is 31.2 Å². The Morgan fingerprint density at radius 2 is 1.85 bits per heavy atom. The smallest absolute Gasteiger partial charge is 0.264 e. The fourth-order valence-corrected chi connectivity index (χ4v) is 6.19. The maximum Gasteiger partial charge on any atom is 0.264 e. The van der Waals surface area contributed by atoms with Crippen LogP contribution in [0.15, 0.2) is 64.3 Å². The second kappa shape index (κ2) is 8.77. The van der Waals surface area contributed by atoms with Crippen LogP contribution >= 0.6 is 0 Å². The lowest BCUT2D eigenvalue weighted by molar-refractivity contribution is 0.340. The van der Waals surface area contributed by atoms with Crippen LogP contribution in [0.25, 0.3) is 10.9 Å². The highest BCUT2D eigenvalue weighted by atomic mass is 32.2. The summed E-state index contributed by atoms with van der Waals surface area (Å²) in [6.07, 6.45) is 0.474. The Kier molecular flexibility index (Phi) is 5.78. The highest BCUT2D eigenvalue weighted by molar-refractivity contribution is 7.89. The van der Waals surface area contributed by atoms with E-state index in [0.29, 0.717) is 31.9 Å². The zero-order chi connectivity index (χ0) is 23.9. The van der Waals surface area contributed by atoms with E-state index in [0.717, 1.165) is 22.3 Å². The molecule has 4 aromatic rings. The van der Waals surface area contributed by atoms with Crippen LogP contribution in [0, 0.1) is 5.92 Å². The highest BCUT2D eigenvalue weighted by Crippen LogP contribution is 2.35. The molecule has 1 saturated heterocycles. The van der Waals surface area contributed by atoms with Crippen molar-refractivity contribution >= 4 is 20.9 Å². The SMILES string of the molecule is CCOc1ccc(S(=O)(=O)N2C[C@@H](C)[C@@H](n3nc(Cc4cc(=O)[nH][nH]4)c4ccccc43)C2)cc1. The summed E-state index contributed by atoms with van der Waals surface area (Å²) in [6, 6.07) is 15.9. The second-order valence-corrected chi connectivity index (χ2v) is 10.6. The van der Waals surface area contributed by atoms with E-state index < -0.39 is 10.0 Å². The molecule has 5 rings (SSSR count). The van der Waals surface area contributed by atoms with Crippen molar-refractivity contribution in [3.05, 3.63) is 76.3 Å². The number of hydrogen-bond donors (Lipinski definition) is 2. The van der Waals surface area contributed by atoms with Gasteiger partial charge in [0.2, 0.25) is 10.0 Å². The molecule has 0 spiro atoms. The zero-order valence-corrected chi connectivity index (χ0v) is 19.9. The Labute approximate surface area is 197 Å². The Balaban J connectivity index is 1.44. The minimum Gasteiger partial charge on any atom is -0.494 e. The largest absolute Gasteiger partial charge is 0.494 e. The number of benzene rings is 2. The molecule has 1 fully saturated rings. The van der Waals surface area contributed by atoms with Gasteiger partial charge in [0.15, 0.2) is 0 Å². The molecule has 10 heteroatoms. The first-order valence-electron chi connectivity index (χ1n) is 11.3. The van der Waals surface area contributed by atoms with Crippen LogP contribution in [-0.4, -0.2) is 52.4 Å². The predicted molar refractivity (Wildman–Crippen MR) is 129 cm³/mol. The van der Waals surface area contributed by atoms with Gasteiger partial charge in [-0.2, -0.15) is 9.40 Å². The molecular weight excluding hydrogens is 454 g/mol. The number of para-hydroxylation sites is 1. The van der Waals surface area contributed by atoms with E-state index in [2.05, 4.69) is 17.1 Å². The molecule has 0 saturated carbocycles. The molecule has 178 valence electrons. The molecule has 2 N–H and O–H groups in total. The molecule has 1 aliphatic rings. The average molecular weight is 482 g/mol. The van der Waals surface area contributed by atoms with E-state index in [9.17, 15) is 13.2 Å². The molecule has 0 aliphatic carbocycles. The molecule has 2 aromatic carbocycles.